The molecule has 1 aliphatic heterocycles. The number of hydrogen-bond donors (Lipinski definition) is 1. The van der Waals surface area contributed by atoms with Crippen molar-refractivity contribution in [3.05, 3.63) is 11.6 Å². The Morgan fingerprint density at radius 1 is 1.39 bits per heavy atom. The summed E-state index contributed by atoms with van der Waals surface area (Å²) in [6.45, 7) is 3.02. The van der Waals surface area contributed by atoms with Crippen molar-refractivity contribution in [2.24, 2.45) is 0 Å². The Morgan fingerprint density at radius 2 is 2.11 bits per heavy atom. The maximum Gasteiger partial charge on any atom is 0.215 e. The molecule has 6 nitrogen and oxygen atoms in total. The van der Waals surface area contributed by atoms with E-state index in [0.29, 0.717) is 32.7 Å². The third-order valence-electron chi connectivity index (χ3n) is 2.93. The minimum absolute atomic E-state index is 0.167. The normalized spacial score (nSPS) is 18.2. The van der Waals surface area contributed by atoms with Gasteiger partial charge in [0.05, 0.1) is 5.75 Å². The highest BCUT2D eigenvalue weighted by atomic mass is 32.2. The first kappa shape index (κ1) is 13.7. The van der Waals surface area contributed by atoms with Gasteiger partial charge in [-0.2, -0.15) is 4.31 Å². The summed E-state index contributed by atoms with van der Waals surface area (Å²) >= 11 is 1.59. The van der Waals surface area contributed by atoms with Crippen LogP contribution < -0.4 is 10.2 Å². The summed E-state index contributed by atoms with van der Waals surface area (Å²) in [6, 6.07) is 0. The van der Waals surface area contributed by atoms with E-state index in [1.165, 1.54) is 0 Å². The lowest BCUT2D eigenvalue weighted by molar-refractivity contribution is 0.384. The summed E-state index contributed by atoms with van der Waals surface area (Å²) in [5, 5.41) is 5.78. The zero-order chi connectivity index (χ0) is 13.0. The summed E-state index contributed by atoms with van der Waals surface area (Å²) < 4.78 is 25.6. The predicted octanol–water partition coefficient (Wildman–Crippen LogP) is -0.186. The molecule has 0 aliphatic carbocycles. The van der Waals surface area contributed by atoms with Crippen LogP contribution in [0.1, 0.15) is 0 Å². The van der Waals surface area contributed by atoms with Crippen molar-refractivity contribution in [1.29, 1.82) is 0 Å². The molecule has 1 aliphatic rings. The molecule has 0 spiro atoms. The molecule has 0 unspecified atom stereocenters. The number of anilines is 1. The highest BCUT2D eigenvalue weighted by Crippen LogP contribution is 2.19. The van der Waals surface area contributed by atoms with E-state index in [-0.39, 0.29) is 5.75 Å². The van der Waals surface area contributed by atoms with Gasteiger partial charge in [-0.1, -0.05) is 0 Å². The second-order valence-electron chi connectivity index (χ2n) is 4.12. The van der Waals surface area contributed by atoms with Crippen LogP contribution >= 0.6 is 11.3 Å². The fourth-order valence-electron chi connectivity index (χ4n) is 1.89. The van der Waals surface area contributed by atoms with Gasteiger partial charge in [0, 0.05) is 44.3 Å². The molecule has 1 N–H and O–H groups in total. The second-order valence-corrected chi connectivity index (χ2v) is 7.08. The van der Waals surface area contributed by atoms with E-state index >= 15 is 0 Å². The van der Waals surface area contributed by atoms with E-state index in [1.807, 2.05) is 5.38 Å². The van der Waals surface area contributed by atoms with Gasteiger partial charge >= 0.3 is 0 Å². The second kappa shape index (κ2) is 5.96. The van der Waals surface area contributed by atoms with E-state index in [4.69, 9.17) is 0 Å². The molecular formula is C10H18N4O2S2. The van der Waals surface area contributed by atoms with Crippen LogP contribution in [0.2, 0.25) is 0 Å². The molecule has 8 heteroatoms. The molecule has 102 valence electrons. The Morgan fingerprint density at radius 3 is 2.67 bits per heavy atom. The average Bonchev–Trinajstić information content (AvgIpc) is 2.90. The van der Waals surface area contributed by atoms with E-state index in [1.54, 1.807) is 28.9 Å². The van der Waals surface area contributed by atoms with E-state index in [2.05, 4.69) is 15.2 Å². The van der Waals surface area contributed by atoms with Gasteiger partial charge in [0.25, 0.3) is 0 Å². The third kappa shape index (κ3) is 3.19. The van der Waals surface area contributed by atoms with Crippen LogP contribution in [-0.4, -0.2) is 63.2 Å². The van der Waals surface area contributed by atoms with Gasteiger partial charge in [-0.05, 0) is 7.05 Å². The van der Waals surface area contributed by atoms with Crippen molar-refractivity contribution in [2.45, 2.75) is 0 Å². The quantitative estimate of drug-likeness (QED) is 0.814. The van der Waals surface area contributed by atoms with E-state index in [0.717, 1.165) is 5.13 Å². The van der Waals surface area contributed by atoms with Crippen LogP contribution in [0, 0.1) is 0 Å². The molecule has 2 rings (SSSR count). The number of aromatic nitrogens is 1. The summed E-state index contributed by atoms with van der Waals surface area (Å²) in [4.78, 5) is 6.38. The number of nitrogens with one attached hydrogen (secondary N) is 1. The Kier molecular flexibility index (Phi) is 4.55. The molecule has 0 bridgehead atoms. The van der Waals surface area contributed by atoms with E-state index < -0.39 is 10.0 Å². The highest BCUT2D eigenvalue weighted by molar-refractivity contribution is 7.89. The molecule has 2 heterocycles. The lowest BCUT2D eigenvalue weighted by Gasteiger charge is -2.33. The summed E-state index contributed by atoms with van der Waals surface area (Å²) in [6.07, 6.45) is 1.77. The minimum Gasteiger partial charge on any atom is -0.345 e. The first-order valence-corrected chi connectivity index (χ1v) is 8.39. The predicted molar refractivity (Wildman–Crippen MR) is 73.6 cm³/mol. The molecule has 0 saturated carbocycles. The van der Waals surface area contributed by atoms with Gasteiger partial charge in [-0.15, -0.1) is 11.3 Å². The lowest BCUT2D eigenvalue weighted by atomic mass is 10.4. The van der Waals surface area contributed by atoms with Crippen LogP contribution in [0.3, 0.4) is 0 Å². The van der Waals surface area contributed by atoms with Crippen molar-refractivity contribution in [3.8, 4) is 0 Å². The summed E-state index contributed by atoms with van der Waals surface area (Å²) in [5.41, 5.74) is 0. The van der Waals surface area contributed by atoms with Gasteiger partial charge in [0.2, 0.25) is 10.0 Å². The Labute approximate surface area is 112 Å². The largest absolute Gasteiger partial charge is 0.345 e. The number of nitrogens with zero attached hydrogens (tertiary/aromatic N) is 3. The smallest absolute Gasteiger partial charge is 0.215 e. The van der Waals surface area contributed by atoms with E-state index in [9.17, 15) is 8.42 Å². The van der Waals surface area contributed by atoms with Crippen LogP contribution in [0.15, 0.2) is 11.6 Å². The van der Waals surface area contributed by atoms with Crippen molar-refractivity contribution in [3.63, 3.8) is 0 Å². The maximum atomic E-state index is 12.0. The molecule has 0 amide bonds. The molecule has 1 fully saturated rings. The molecule has 1 aromatic heterocycles. The molecule has 18 heavy (non-hydrogen) atoms. The Bertz CT molecular complexity index is 452. The average molecular weight is 290 g/mol. The topological polar surface area (TPSA) is 65.5 Å². The van der Waals surface area contributed by atoms with Gasteiger partial charge in [-0.3, -0.25) is 0 Å². The Balaban J connectivity index is 1.90. The lowest BCUT2D eigenvalue weighted by Crippen LogP contribution is -2.49. The number of hydrogen-bond acceptors (Lipinski definition) is 6. The van der Waals surface area contributed by atoms with Gasteiger partial charge in [0.15, 0.2) is 5.13 Å². The van der Waals surface area contributed by atoms with Gasteiger partial charge in [-0.25, -0.2) is 13.4 Å². The zero-order valence-electron chi connectivity index (χ0n) is 10.4. The SMILES string of the molecule is CNCCS(=O)(=O)N1CCN(c2nccs2)CC1. The molecule has 0 aromatic carbocycles. The first-order chi connectivity index (χ1) is 8.63. The molecule has 0 radical (unpaired) electrons. The third-order valence-corrected chi connectivity index (χ3v) is 5.64. The molecule has 0 atom stereocenters. The highest BCUT2D eigenvalue weighted by Gasteiger charge is 2.27. The van der Waals surface area contributed by atoms with Crippen LogP contribution in [0.4, 0.5) is 5.13 Å². The number of piperazine rings is 1. The standard InChI is InChI=1S/C10H18N4O2S2/c1-11-3-9-18(15,16)14-6-4-13(5-7-14)10-12-2-8-17-10/h2,8,11H,3-7,9H2,1H3. The zero-order valence-corrected chi connectivity index (χ0v) is 12.0. The minimum atomic E-state index is -3.11. The molecule has 1 aromatic rings. The monoisotopic (exact) mass is 290 g/mol. The number of sulfonamides is 1. The van der Waals surface area contributed by atoms with Gasteiger partial charge in [0.1, 0.15) is 0 Å². The fourth-order valence-corrected chi connectivity index (χ4v) is 4.03. The van der Waals surface area contributed by atoms with Crippen LogP contribution in [0.25, 0.3) is 0 Å². The first-order valence-electron chi connectivity index (χ1n) is 5.90. The molecule has 1 saturated heterocycles. The fraction of sp³-hybridized carbons (Fsp3) is 0.700. The summed E-state index contributed by atoms with van der Waals surface area (Å²) in [5.74, 6) is 0.167. The van der Waals surface area contributed by atoms with Crippen molar-refractivity contribution in [1.82, 2.24) is 14.6 Å². The molecular weight excluding hydrogens is 272 g/mol. The van der Waals surface area contributed by atoms with Crippen molar-refractivity contribution in [2.75, 3.05) is 50.4 Å². The number of rotatable bonds is 5. The van der Waals surface area contributed by atoms with Crippen molar-refractivity contribution < 1.29 is 8.42 Å². The maximum absolute atomic E-state index is 12.0. The summed E-state index contributed by atoms with van der Waals surface area (Å²) in [7, 11) is -1.35. The van der Waals surface area contributed by atoms with Crippen LogP contribution in [0.5, 0.6) is 0 Å². The number of thiazole rings is 1. The van der Waals surface area contributed by atoms with Crippen LogP contribution in [-0.2, 0) is 10.0 Å². The Hall–Kier alpha value is -0.700. The van der Waals surface area contributed by atoms with Crippen molar-refractivity contribution >= 4 is 26.5 Å². The van der Waals surface area contributed by atoms with Gasteiger partial charge < -0.3 is 10.2 Å².